The predicted molar refractivity (Wildman–Crippen MR) is 105 cm³/mol. The smallest absolute Gasteiger partial charge is 0.264 e. The third-order valence-corrected chi connectivity index (χ3v) is 5.28. The predicted octanol–water partition coefficient (Wildman–Crippen LogP) is 5.23. The lowest BCUT2D eigenvalue weighted by Gasteiger charge is -2.07. The third kappa shape index (κ3) is 3.50. The van der Waals surface area contributed by atoms with Gasteiger partial charge in [0, 0.05) is 4.47 Å². The van der Waals surface area contributed by atoms with E-state index in [1.54, 1.807) is 0 Å². The molecule has 0 saturated carbocycles. The molecule has 1 heterocycles. The van der Waals surface area contributed by atoms with E-state index in [-0.39, 0.29) is 12.5 Å². The minimum atomic E-state index is -0.233. The Hall–Kier alpha value is -2.44. The van der Waals surface area contributed by atoms with Gasteiger partial charge in [-0.2, -0.15) is 0 Å². The molecule has 0 spiro atoms. The molecule has 0 unspecified atom stereocenters. The zero-order valence-corrected chi connectivity index (χ0v) is 15.4. The largest absolute Gasteiger partial charge is 0.484 e. The Morgan fingerprint density at radius 3 is 2.76 bits per heavy atom. The number of fused-ring (bicyclic) bond motifs is 2. The summed E-state index contributed by atoms with van der Waals surface area (Å²) in [5.41, 5.74) is 0.846. The zero-order chi connectivity index (χ0) is 17.2. The molecule has 1 amide bonds. The highest BCUT2D eigenvalue weighted by molar-refractivity contribution is 9.10. The summed E-state index contributed by atoms with van der Waals surface area (Å²) in [6.45, 7) is -0.0601. The molecule has 6 heteroatoms. The number of para-hydroxylation sites is 1. The Kier molecular flexibility index (Phi) is 4.38. The van der Waals surface area contributed by atoms with Gasteiger partial charge in [-0.3, -0.25) is 10.1 Å². The van der Waals surface area contributed by atoms with Gasteiger partial charge in [-0.25, -0.2) is 4.98 Å². The molecular formula is C19H13BrN2O2S. The van der Waals surface area contributed by atoms with Crippen molar-refractivity contribution in [1.29, 1.82) is 0 Å². The monoisotopic (exact) mass is 412 g/mol. The third-order valence-electron chi connectivity index (χ3n) is 3.71. The van der Waals surface area contributed by atoms with E-state index in [2.05, 4.69) is 26.2 Å². The molecule has 0 aliphatic rings. The quantitative estimate of drug-likeness (QED) is 0.499. The molecule has 4 aromatic rings. The molecule has 1 N–H and O–H groups in total. The minimum absolute atomic E-state index is 0.0601. The zero-order valence-electron chi connectivity index (χ0n) is 13.0. The van der Waals surface area contributed by atoms with Crippen molar-refractivity contribution in [3.05, 3.63) is 65.1 Å². The van der Waals surface area contributed by atoms with Crippen molar-refractivity contribution in [3.8, 4) is 5.75 Å². The van der Waals surface area contributed by atoms with E-state index in [0.29, 0.717) is 10.9 Å². The first-order valence-corrected chi connectivity index (χ1v) is 9.26. The molecule has 25 heavy (non-hydrogen) atoms. The maximum Gasteiger partial charge on any atom is 0.264 e. The lowest BCUT2D eigenvalue weighted by atomic mass is 10.1. The van der Waals surface area contributed by atoms with Crippen LogP contribution in [0, 0.1) is 0 Å². The van der Waals surface area contributed by atoms with Crippen molar-refractivity contribution in [1.82, 2.24) is 4.98 Å². The maximum atomic E-state index is 12.1. The average molecular weight is 413 g/mol. The molecule has 0 saturated heterocycles. The van der Waals surface area contributed by atoms with Crippen LogP contribution in [0.15, 0.2) is 65.1 Å². The highest BCUT2D eigenvalue weighted by atomic mass is 79.9. The van der Waals surface area contributed by atoms with Gasteiger partial charge < -0.3 is 4.74 Å². The van der Waals surface area contributed by atoms with Gasteiger partial charge >= 0.3 is 0 Å². The Morgan fingerprint density at radius 1 is 1.08 bits per heavy atom. The van der Waals surface area contributed by atoms with E-state index in [4.69, 9.17) is 4.74 Å². The summed E-state index contributed by atoms with van der Waals surface area (Å²) in [4.78, 5) is 16.6. The first-order valence-electron chi connectivity index (χ1n) is 7.65. The number of nitrogens with zero attached hydrogens (tertiary/aromatic N) is 1. The molecule has 0 aliphatic carbocycles. The van der Waals surface area contributed by atoms with E-state index < -0.39 is 0 Å². The maximum absolute atomic E-state index is 12.1. The highest BCUT2D eigenvalue weighted by Crippen LogP contribution is 2.30. The fraction of sp³-hybridized carbons (Fsp3) is 0.0526. The van der Waals surface area contributed by atoms with E-state index >= 15 is 0 Å². The second kappa shape index (κ2) is 6.82. The molecular weight excluding hydrogens is 400 g/mol. The summed E-state index contributed by atoms with van der Waals surface area (Å²) in [6.07, 6.45) is 0. The van der Waals surface area contributed by atoms with Crippen LogP contribution < -0.4 is 10.1 Å². The van der Waals surface area contributed by atoms with Gasteiger partial charge in [0.1, 0.15) is 5.75 Å². The molecule has 124 valence electrons. The fourth-order valence-corrected chi connectivity index (χ4v) is 4.02. The van der Waals surface area contributed by atoms with E-state index in [1.165, 1.54) is 11.3 Å². The number of halogens is 1. The number of anilines is 1. The number of carbonyl (C=O) groups is 1. The Morgan fingerprint density at radius 2 is 1.92 bits per heavy atom. The van der Waals surface area contributed by atoms with E-state index in [9.17, 15) is 4.79 Å². The van der Waals surface area contributed by atoms with Crippen LogP contribution in [0.5, 0.6) is 5.75 Å². The summed E-state index contributed by atoms with van der Waals surface area (Å²) in [5.74, 6) is 0.434. The van der Waals surface area contributed by atoms with Crippen LogP contribution in [0.1, 0.15) is 0 Å². The summed E-state index contributed by atoms with van der Waals surface area (Å²) >= 11 is 4.90. The molecule has 1 aromatic heterocycles. The summed E-state index contributed by atoms with van der Waals surface area (Å²) < 4.78 is 7.53. The lowest BCUT2D eigenvalue weighted by molar-refractivity contribution is -0.118. The van der Waals surface area contributed by atoms with Gasteiger partial charge in [-0.1, -0.05) is 47.7 Å². The number of carbonyl (C=O) groups excluding carboxylic acids is 1. The van der Waals surface area contributed by atoms with Crippen molar-refractivity contribution < 1.29 is 9.53 Å². The van der Waals surface area contributed by atoms with E-state index in [1.807, 2.05) is 60.7 Å². The van der Waals surface area contributed by atoms with Crippen molar-refractivity contribution >= 4 is 59.3 Å². The number of benzene rings is 3. The summed E-state index contributed by atoms with van der Waals surface area (Å²) in [6, 6.07) is 19.6. The van der Waals surface area contributed by atoms with Gasteiger partial charge in [0.15, 0.2) is 11.7 Å². The SMILES string of the molecule is O=C(COc1ccc2ccccc2c1)Nc1nc2c(Br)cccc2s1. The van der Waals surface area contributed by atoms with Crippen molar-refractivity contribution in [2.45, 2.75) is 0 Å². The van der Waals surface area contributed by atoms with Crippen LogP contribution in [0.2, 0.25) is 0 Å². The Balaban J connectivity index is 1.43. The number of hydrogen-bond donors (Lipinski definition) is 1. The van der Waals surface area contributed by atoms with Gasteiger partial charge in [-0.15, -0.1) is 0 Å². The molecule has 4 nitrogen and oxygen atoms in total. The van der Waals surface area contributed by atoms with E-state index in [0.717, 1.165) is 25.5 Å². The topological polar surface area (TPSA) is 51.2 Å². The minimum Gasteiger partial charge on any atom is -0.484 e. The molecule has 0 bridgehead atoms. The Labute approximate surface area is 156 Å². The lowest BCUT2D eigenvalue weighted by Crippen LogP contribution is -2.19. The molecule has 0 atom stereocenters. The molecule has 0 radical (unpaired) electrons. The summed E-state index contributed by atoms with van der Waals surface area (Å²) in [7, 11) is 0. The normalized spacial score (nSPS) is 10.9. The first-order chi connectivity index (χ1) is 12.2. The standard InChI is InChI=1S/C19H13BrN2O2S/c20-15-6-3-7-16-18(15)22-19(25-16)21-17(23)11-24-14-9-8-12-4-1-2-5-13(12)10-14/h1-10H,11H2,(H,21,22,23). The molecule has 3 aromatic carbocycles. The van der Waals surface area contributed by atoms with Crippen molar-refractivity contribution in [2.75, 3.05) is 11.9 Å². The van der Waals surface area contributed by atoms with Crippen LogP contribution in [0.25, 0.3) is 21.0 Å². The number of nitrogens with one attached hydrogen (secondary N) is 1. The summed E-state index contributed by atoms with van der Waals surface area (Å²) in [5, 5.41) is 5.57. The number of amides is 1. The number of ether oxygens (including phenoxy) is 1. The average Bonchev–Trinajstić information content (AvgIpc) is 3.03. The molecule has 0 fully saturated rings. The molecule has 4 rings (SSSR count). The number of rotatable bonds is 4. The van der Waals surface area contributed by atoms with Gasteiger partial charge in [0.2, 0.25) is 0 Å². The van der Waals surface area contributed by atoms with Crippen LogP contribution >= 0.6 is 27.3 Å². The molecule has 0 aliphatic heterocycles. The highest BCUT2D eigenvalue weighted by Gasteiger charge is 2.10. The van der Waals surface area contributed by atoms with Crippen molar-refractivity contribution in [2.24, 2.45) is 0 Å². The second-order valence-corrected chi connectivity index (χ2v) is 7.34. The number of aromatic nitrogens is 1. The van der Waals surface area contributed by atoms with Crippen LogP contribution in [-0.2, 0) is 4.79 Å². The van der Waals surface area contributed by atoms with Gasteiger partial charge in [-0.05, 0) is 51.0 Å². The van der Waals surface area contributed by atoms with Gasteiger partial charge in [0.25, 0.3) is 5.91 Å². The van der Waals surface area contributed by atoms with Gasteiger partial charge in [0.05, 0.1) is 10.2 Å². The van der Waals surface area contributed by atoms with Crippen LogP contribution in [0.4, 0.5) is 5.13 Å². The van der Waals surface area contributed by atoms with Crippen molar-refractivity contribution in [3.63, 3.8) is 0 Å². The second-order valence-electron chi connectivity index (χ2n) is 5.45. The van der Waals surface area contributed by atoms with Crippen LogP contribution in [-0.4, -0.2) is 17.5 Å². The Bertz CT molecular complexity index is 1080. The van der Waals surface area contributed by atoms with Crippen LogP contribution in [0.3, 0.4) is 0 Å². The number of hydrogen-bond acceptors (Lipinski definition) is 4. The first kappa shape index (κ1) is 16.1. The fourth-order valence-electron chi connectivity index (χ4n) is 2.53. The number of thiazole rings is 1.